The Morgan fingerprint density at radius 2 is 1.28 bits per heavy atom. The summed E-state index contributed by atoms with van der Waals surface area (Å²) >= 11 is 0. The SMILES string of the molecule is COc1cc(C)c(CCNCCCCCCNCCc2ccccc2)cc1OC. The van der Waals surface area contributed by atoms with Crippen molar-refractivity contribution in [1.82, 2.24) is 10.6 Å². The van der Waals surface area contributed by atoms with E-state index in [0.717, 1.165) is 50.5 Å². The Kier molecular flexibility index (Phi) is 11.2. The summed E-state index contributed by atoms with van der Waals surface area (Å²) in [6.07, 6.45) is 7.23. The summed E-state index contributed by atoms with van der Waals surface area (Å²) in [5.74, 6) is 1.61. The van der Waals surface area contributed by atoms with Gasteiger partial charge >= 0.3 is 0 Å². The second-order valence-electron chi connectivity index (χ2n) is 7.53. The van der Waals surface area contributed by atoms with Crippen LogP contribution in [-0.4, -0.2) is 40.4 Å². The van der Waals surface area contributed by atoms with Gasteiger partial charge in [-0.3, -0.25) is 0 Å². The molecule has 0 amide bonds. The molecule has 29 heavy (non-hydrogen) atoms. The van der Waals surface area contributed by atoms with Gasteiger partial charge in [0.25, 0.3) is 0 Å². The van der Waals surface area contributed by atoms with Crippen molar-refractivity contribution in [2.45, 2.75) is 45.4 Å². The third kappa shape index (κ3) is 8.88. The van der Waals surface area contributed by atoms with Crippen molar-refractivity contribution in [3.63, 3.8) is 0 Å². The molecule has 160 valence electrons. The number of rotatable bonds is 15. The Morgan fingerprint density at radius 3 is 1.90 bits per heavy atom. The summed E-state index contributed by atoms with van der Waals surface area (Å²) in [5, 5.41) is 7.12. The minimum absolute atomic E-state index is 0.802. The van der Waals surface area contributed by atoms with Crippen molar-refractivity contribution >= 4 is 0 Å². The lowest BCUT2D eigenvalue weighted by Gasteiger charge is -2.13. The van der Waals surface area contributed by atoms with E-state index in [1.54, 1.807) is 14.2 Å². The number of benzene rings is 2. The number of ether oxygens (including phenoxy) is 2. The second-order valence-corrected chi connectivity index (χ2v) is 7.53. The maximum atomic E-state index is 5.41. The van der Waals surface area contributed by atoms with Gasteiger partial charge in [0.1, 0.15) is 0 Å². The zero-order valence-corrected chi connectivity index (χ0v) is 18.4. The highest BCUT2D eigenvalue weighted by molar-refractivity contribution is 5.47. The molecule has 2 aromatic rings. The molecule has 4 nitrogen and oxygen atoms in total. The fourth-order valence-electron chi connectivity index (χ4n) is 3.50. The molecule has 0 aliphatic rings. The van der Waals surface area contributed by atoms with E-state index in [9.17, 15) is 0 Å². The number of methoxy groups -OCH3 is 2. The van der Waals surface area contributed by atoms with E-state index in [-0.39, 0.29) is 0 Å². The fourth-order valence-corrected chi connectivity index (χ4v) is 3.50. The van der Waals surface area contributed by atoms with Crippen molar-refractivity contribution in [3.8, 4) is 11.5 Å². The first-order valence-corrected chi connectivity index (χ1v) is 10.9. The van der Waals surface area contributed by atoms with Crippen LogP contribution in [0.5, 0.6) is 11.5 Å². The zero-order valence-electron chi connectivity index (χ0n) is 18.4. The largest absolute Gasteiger partial charge is 0.493 e. The van der Waals surface area contributed by atoms with E-state index in [2.05, 4.69) is 60.0 Å². The van der Waals surface area contributed by atoms with Crippen LogP contribution in [0.15, 0.2) is 42.5 Å². The second kappa shape index (κ2) is 14.0. The first-order valence-electron chi connectivity index (χ1n) is 10.9. The van der Waals surface area contributed by atoms with Crippen LogP contribution in [-0.2, 0) is 12.8 Å². The highest BCUT2D eigenvalue weighted by Gasteiger charge is 2.08. The van der Waals surface area contributed by atoms with Crippen LogP contribution >= 0.6 is 0 Å². The molecule has 0 aliphatic carbocycles. The first-order chi connectivity index (χ1) is 14.2. The molecular formula is C25H38N2O2. The van der Waals surface area contributed by atoms with Gasteiger partial charge in [-0.25, -0.2) is 0 Å². The molecule has 0 atom stereocenters. The summed E-state index contributed by atoms with van der Waals surface area (Å²) in [6.45, 7) is 6.41. The number of hydrogen-bond acceptors (Lipinski definition) is 4. The van der Waals surface area contributed by atoms with E-state index in [1.807, 2.05) is 0 Å². The maximum absolute atomic E-state index is 5.41. The monoisotopic (exact) mass is 398 g/mol. The quantitative estimate of drug-likeness (QED) is 0.432. The van der Waals surface area contributed by atoms with Crippen molar-refractivity contribution in [3.05, 3.63) is 59.2 Å². The third-order valence-electron chi connectivity index (χ3n) is 5.30. The van der Waals surface area contributed by atoms with E-state index < -0.39 is 0 Å². The molecular weight excluding hydrogens is 360 g/mol. The van der Waals surface area contributed by atoms with Gasteiger partial charge in [-0.05, 0) is 87.6 Å². The summed E-state index contributed by atoms with van der Waals surface area (Å²) < 4.78 is 10.8. The molecule has 0 spiro atoms. The van der Waals surface area contributed by atoms with Crippen LogP contribution in [0.3, 0.4) is 0 Å². The van der Waals surface area contributed by atoms with Crippen LogP contribution in [0.4, 0.5) is 0 Å². The molecule has 0 aliphatic heterocycles. The van der Waals surface area contributed by atoms with Crippen molar-refractivity contribution in [2.24, 2.45) is 0 Å². The van der Waals surface area contributed by atoms with Gasteiger partial charge < -0.3 is 20.1 Å². The average molecular weight is 399 g/mol. The Morgan fingerprint density at radius 1 is 0.690 bits per heavy atom. The van der Waals surface area contributed by atoms with Crippen LogP contribution in [0.1, 0.15) is 42.4 Å². The zero-order chi connectivity index (χ0) is 20.7. The van der Waals surface area contributed by atoms with Crippen LogP contribution in [0.2, 0.25) is 0 Å². The van der Waals surface area contributed by atoms with Gasteiger partial charge in [0, 0.05) is 0 Å². The highest BCUT2D eigenvalue weighted by atomic mass is 16.5. The average Bonchev–Trinajstić information content (AvgIpc) is 2.75. The van der Waals surface area contributed by atoms with E-state index >= 15 is 0 Å². The smallest absolute Gasteiger partial charge is 0.161 e. The maximum Gasteiger partial charge on any atom is 0.161 e. The molecule has 0 unspecified atom stereocenters. The lowest BCUT2D eigenvalue weighted by molar-refractivity contribution is 0.354. The van der Waals surface area contributed by atoms with Crippen molar-refractivity contribution in [2.75, 3.05) is 40.4 Å². The van der Waals surface area contributed by atoms with Crippen molar-refractivity contribution < 1.29 is 9.47 Å². The predicted molar refractivity (Wildman–Crippen MR) is 122 cm³/mol. The van der Waals surface area contributed by atoms with Gasteiger partial charge in [0.15, 0.2) is 11.5 Å². The predicted octanol–water partition coefficient (Wildman–Crippen LogP) is 4.54. The number of hydrogen-bond donors (Lipinski definition) is 2. The molecule has 2 rings (SSSR count). The molecule has 0 fully saturated rings. The van der Waals surface area contributed by atoms with Crippen LogP contribution in [0.25, 0.3) is 0 Å². The molecule has 0 radical (unpaired) electrons. The van der Waals surface area contributed by atoms with Gasteiger partial charge in [-0.15, -0.1) is 0 Å². The molecule has 2 N–H and O–H groups in total. The summed E-state index contributed by atoms with van der Waals surface area (Å²) in [7, 11) is 3.37. The van der Waals surface area contributed by atoms with E-state index in [4.69, 9.17) is 9.47 Å². The Labute approximate surface area is 177 Å². The summed E-state index contributed by atoms with van der Waals surface area (Å²) in [4.78, 5) is 0. The topological polar surface area (TPSA) is 42.5 Å². The number of nitrogens with one attached hydrogen (secondary N) is 2. The van der Waals surface area contributed by atoms with Gasteiger partial charge in [-0.2, -0.15) is 0 Å². The number of aryl methyl sites for hydroxylation is 1. The van der Waals surface area contributed by atoms with Crippen molar-refractivity contribution in [1.29, 1.82) is 0 Å². The molecule has 0 aromatic heterocycles. The molecule has 0 saturated heterocycles. The Bertz CT molecular complexity index is 689. The number of unbranched alkanes of at least 4 members (excludes halogenated alkanes) is 3. The van der Waals surface area contributed by atoms with E-state index in [0.29, 0.717) is 0 Å². The minimum atomic E-state index is 0.802. The highest BCUT2D eigenvalue weighted by Crippen LogP contribution is 2.30. The lowest BCUT2D eigenvalue weighted by atomic mass is 10.0. The lowest BCUT2D eigenvalue weighted by Crippen LogP contribution is -2.19. The Hall–Kier alpha value is -2.04. The third-order valence-corrected chi connectivity index (χ3v) is 5.30. The van der Waals surface area contributed by atoms with Crippen LogP contribution < -0.4 is 20.1 Å². The molecule has 0 heterocycles. The van der Waals surface area contributed by atoms with Gasteiger partial charge in [0.2, 0.25) is 0 Å². The summed E-state index contributed by atoms with van der Waals surface area (Å²) in [5.41, 5.74) is 3.98. The first kappa shape index (κ1) is 23.2. The molecule has 0 bridgehead atoms. The molecule has 4 heteroatoms. The molecule has 2 aromatic carbocycles. The molecule has 0 saturated carbocycles. The van der Waals surface area contributed by atoms with Gasteiger partial charge in [-0.1, -0.05) is 43.2 Å². The van der Waals surface area contributed by atoms with E-state index in [1.165, 1.54) is 42.4 Å². The summed E-state index contributed by atoms with van der Waals surface area (Å²) in [6, 6.07) is 14.8. The Balaban J connectivity index is 1.45. The normalized spacial score (nSPS) is 10.9. The van der Waals surface area contributed by atoms with Crippen LogP contribution in [0, 0.1) is 6.92 Å². The van der Waals surface area contributed by atoms with Gasteiger partial charge in [0.05, 0.1) is 14.2 Å². The minimum Gasteiger partial charge on any atom is -0.493 e. The fraction of sp³-hybridized carbons (Fsp3) is 0.520. The standard InChI is InChI=1S/C25H38N2O2/c1-21-19-24(28-2)25(29-3)20-23(21)14-18-27-16-10-5-4-9-15-26-17-13-22-11-7-6-8-12-22/h6-8,11-12,19-20,26-27H,4-5,9-10,13-18H2,1-3H3.